The van der Waals surface area contributed by atoms with E-state index in [4.69, 9.17) is 9.94 Å². The first-order chi connectivity index (χ1) is 8.29. The summed E-state index contributed by atoms with van der Waals surface area (Å²) in [5, 5.41) is 14.7. The molecule has 0 aliphatic rings. The normalized spacial score (nSPS) is 11.5. The van der Waals surface area contributed by atoms with E-state index in [1.54, 1.807) is 24.5 Å². The van der Waals surface area contributed by atoms with Gasteiger partial charge in [-0.3, -0.25) is 0 Å². The summed E-state index contributed by atoms with van der Waals surface area (Å²) in [6, 6.07) is 7.43. The second-order valence-corrected chi connectivity index (χ2v) is 4.41. The third-order valence-corrected chi connectivity index (χ3v) is 3.00. The minimum Gasteiger partial charge on any atom is -0.486 e. The average molecular weight is 248 g/mol. The van der Waals surface area contributed by atoms with E-state index in [1.165, 1.54) is 0 Å². The van der Waals surface area contributed by atoms with E-state index < -0.39 is 0 Å². The summed E-state index contributed by atoms with van der Waals surface area (Å²) in [5.41, 5.74) is 1.40. The molecular weight excluding hydrogens is 236 g/mol. The van der Waals surface area contributed by atoms with Crippen LogP contribution >= 0.6 is 11.3 Å². The quantitative estimate of drug-likeness (QED) is 0.514. The highest BCUT2D eigenvalue weighted by molar-refractivity contribution is 7.09. The fourth-order valence-electron chi connectivity index (χ4n) is 1.34. The standard InChI is InChI=1S/C12H12N2O2S/c1-9(14-15)10-3-2-4-11(7-10)16-8-12-13-5-6-17-12/h2-7,15H,8H2,1H3. The molecule has 0 saturated heterocycles. The predicted molar refractivity (Wildman–Crippen MR) is 66.9 cm³/mol. The first-order valence-electron chi connectivity index (χ1n) is 5.10. The zero-order valence-corrected chi connectivity index (χ0v) is 10.1. The van der Waals surface area contributed by atoms with Gasteiger partial charge in [0.25, 0.3) is 0 Å². The molecule has 0 fully saturated rings. The molecule has 0 amide bonds. The largest absolute Gasteiger partial charge is 0.486 e. The second kappa shape index (κ2) is 5.45. The van der Waals surface area contributed by atoms with Gasteiger partial charge in [-0.2, -0.15) is 0 Å². The van der Waals surface area contributed by atoms with Gasteiger partial charge < -0.3 is 9.94 Å². The first kappa shape index (κ1) is 11.6. The molecule has 1 aromatic carbocycles. The smallest absolute Gasteiger partial charge is 0.140 e. The Morgan fingerprint density at radius 1 is 1.53 bits per heavy atom. The Kier molecular flexibility index (Phi) is 3.72. The zero-order chi connectivity index (χ0) is 12.1. The Morgan fingerprint density at radius 3 is 3.12 bits per heavy atom. The van der Waals surface area contributed by atoms with Crippen LogP contribution in [0.2, 0.25) is 0 Å². The molecule has 1 aromatic heterocycles. The summed E-state index contributed by atoms with van der Waals surface area (Å²) in [4.78, 5) is 4.13. The fourth-order valence-corrected chi connectivity index (χ4v) is 1.87. The van der Waals surface area contributed by atoms with Crippen LogP contribution in [0.1, 0.15) is 17.5 Å². The molecule has 0 atom stereocenters. The number of thiazole rings is 1. The van der Waals surface area contributed by atoms with Crippen molar-refractivity contribution in [3.63, 3.8) is 0 Å². The van der Waals surface area contributed by atoms with Crippen molar-refractivity contribution < 1.29 is 9.94 Å². The number of rotatable bonds is 4. The first-order valence-corrected chi connectivity index (χ1v) is 5.98. The van der Waals surface area contributed by atoms with E-state index in [-0.39, 0.29) is 0 Å². The Balaban J connectivity index is 2.06. The summed E-state index contributed by atoms with van der Waals surface area (Å²) in [5.74, 6) is 0.737. The molecule has 0 unspecified atom stereocenters. The molecule has 1 N–H and O–H groups in total. The highest BCUT2D eigenvalue weighted by atomic mass is 32.1. The van der Waals surface area contributed by atoms with Crippen molar-refractivity contribution in [2.45, 2.75) is 13.5 Å². The van der Waals surface area contributed by atoms with Gasteiger partial charge in [0.2, 0.25) is 0 Å². The van der Waals surface area contributed by atoms with Gasteiger partial charge in [0.15, 0.2) is 0 Å². The highest BCUT2D eigenvalue weighted by Crippen LogP contribution is 2.16. The molecule has 0 bridgehead atoms. The van der Waals surface area contributed by atoms with Crippen LogP contribution in [0.4, 0.5) is 0 Å². The van der Waals surface area contributed by atoms with Gasteiger partial charge in [-0.05, 0) is 19.1 Å². The van der Waals surface area contributed by atoms with Crippen molar-refractivity contribution in [3.05, 3.63) is 46.4 Å². The lowest BCUT2D eigenvalue weighted by Gasteiger charge is -2.05. The summed E-state index contributed by atoms with van der Waals surface area (Å²) in [7, 11) is 0. The molecule has 17 heavy (non-hydrogen) atoms. The number of oxime groups is 1. The van der Waals surface area contributed by atoms with Crippen molar-refractivity contribution in [2.75, 3.05) is 0 Å². The topological polar surface area (TPSA) is 54.7 Å². The molecule has 0 aliphatic carbocycles. The molecular formula is C12H12N2O2S. The van der Waals surface area contributed by atoms with Gasteiger partial charge in [0, 0.05) is 17.1 Å². The van der Waals surface area contributed by atoms with Crippen molar-refractivity contribution in [2.24, 2.45) is 5.16 Å². The number of benzene rings is 1. The van der Waals surface area contributed by atoms with E-state index in [0.717, 1.165) is 16.3 Å². The van der Waals surface area contributed by atoms with Gasteiger partial charge in [-0.1, -0.05) is 17.3 Å². The fraction of sp³-hybridized carbons (Fsp3) is 0.167. The SMILES string of the molecule is CC(=NO)c1cccc(OCc2nccs2)c1. The van der Waals surface area contributed by atoms with Gasteiger partial charge >= 0.3 is 0 Å². The molecule has 0 spiro atoms. The summed E-state index contributed by atoms with van der Waals surface area (Å²) in [6.45, 7) is 2.19. The molecule has 0 aliphatic heterocycles. The lowest BCUT2D eigenvalue weighted by atomic mass is 10.1. The Hall–Kier alpha value is -1.88. The molecule has 2 aromatic rings. The van der Waals surface area contributed by atoms with Crippen LogP contribution in [0.3, 0.4) is 0 Å². The van der Waals surface area contributed by atoms with Crippen molar-refractivity contribution >= 4 is 17.0 Å². The zero-order valence-electron chi connectivity index (χ0n) is 9.33. The summed E-state index contributed by atoms with van der Waals surface area (Å²) in [6.07, 6.45) is 1.75. The minimum absolute atomic E-state index is 0.455. The van der Waals surface area contributed by atoms with E-state index in [9.17, 15) is 0 Å². The number of hydrogen-bond acceptors (Lipinski definition) is 5. The van der Waals surface area contributed by atoms with E-state index >= 15 is 0 Å². The highest BCUT2D eigenvalue weighted by Gasteiger charge is 2.02. The monoisotopic (exact) mass is 248 g/mol. The van der Waals surface area contributed by atoms with Crippen LogP contribution in [0, 0.1) is 0 Å². The average Bonchev–Trinajstić information content (AvgIpc) is 2.89. The van der Waals surface area contributed by atoms with E-state index in [2.05, 4.69) is 10.1 Å². The van der Waals surface area contributed by atoms with Crippen LogP contribution in [0.5, 0.6) is 5.75 Å². The van der Waals surface area contributed by atoms with Gasteiger partial charge in [0.1, 0.15) is 17.4 Å². The molecule has 0 radical (unpaired) electrons. The molecule has 0 saturated carbocycles. The molecule has 1 heterocycles. The third kappa shape index (κ3) is 3.04. The van der Waals surface area contributed by atoms with Crippen LogP contribution in [-0.4, -0.2) is 15.9 Å². The van der Waals surface area contributed by atoms with Crippen LogP contribution < -0.4 is 4.74 Å². The lowest BCUT2D eigenvalue weighted by Crippen LogP contribution is -1.98. The number of aromatic nitrogens is 1. The van der Waals surface area contributed by atoms with Crippen LogP contribution in [0.25, 0.3) is 0 Å². The Morgan fingerprint density at radius 2 is 2.41 bits per heavy atom. The Labute approximate surface area is 103 Å². The lowest BCUT2D eigenvalue weighted by molar-refractivity contribution is 0.305. The van der Waals surface area contributed by atoms with E-state index in [0.29, 0.717) is 12.3 Å². The molecule has 88 valence electrons. The molecule has 2 rings (SSSR count). The maximum absolute atomic E-state index is 8.70. The summed E-state index contributed by atoms with van der Waals surface area (Å²) < 4.78 is 5.60. The van der Waals surface area contributed by atoms with Crippen molar-refractivity contribution in [1.29, 1.82) is 0 Å². The maximum Gasteiger partial charge on any atom is 0.140 e. The molecule has 4 nitrogen and oxygen atoms in total. The van der Waals surface area contributed by atoms with Crippen LogP contribution in [0.15, 0.2) is 41.0 Å². The van der Waals surface area contributed by atoms with Crippen LogP contribution in [-0.2, 0) is 6.61 Å². The summed E-state index contributed by atoms with van der Waals surface area (Å²) >= 11 is 1.56. The number of hydrogen-bond donors (Lipinski definition) is 1. The van der Waals surface area contributed by atoms with E-state index in [1.807, 2.05) is 29.6 Å². The number of nitrogens with zero attached hydrogens (tertiary/aromatic N) is 2. The minimum atomic E-state index is 0.455. The van der Waals surface area contributed by atoms with Gasteiger partial charge in [-0.25, -0.2) is 4.98 Å². The predicted octanol–water partition coefficient (Wildman–Crippen LogP) is 2.92. The van der Waals surface area contributed by atoms with Gasteiger partial charge in [-0.15, -0.1) is 11.3 Å². The molecule has 5 heteroatoms. The second-order valence-electron chi connectivity index (χ2n) is 3.43. The third-order valence-electron chi connectivity index (χ3n) is 2.25. The number of ether oxygens (including phenoxy) is 1. The Bertz CT molecular complexity index is 509. The van der Waals surface area contributed by atoms with Crippen molar-refractivity contribution in [1.82, 2.24) is 4.98 Å². The van der Waals surface area contributed by atoms with Gasteiger partial charge in [0.05, 0.1) is 5.71 Å². The van der Waals surface area contributed by atoms with Crippen molar-refractivity contribution in [3.8, 4) is 5.75 Å². The maximum atomic E-state index is 8.70.